The van der Waals surface area contributed by atoms with E-state index in [9.17, 15) is 0 Å². The number of anilines is 1. The Balaban J connectivity index is 2.06. The Morgan fingerprint density at radius 3 is 3.00 bits per heavy atom. The van der Waals surface area contributed by atoms with Crippen molar-refractivity contribution >= 4 is 11.2 Å². The van der Waals surface area contributed by atoms with Gasteiger partial charge in [0.15, 0.2) is 0 Å². The van der Waals surface area contributed by atoms with Gasteiger partial charge in [-0.05, 0) is 24.6 Å². The molecule has 0 unspecified atom stereocenters. The molecule has 18 heavy (non-hydrogen) atoms. The van der Waals surface area contributed by atoms with Crippen LogP contribution in [-0.4, -0.2) is 14.6 Å². The average molecular weight is 240 g/mol. The van der Waals surface area contributed by atoms with Gasteiger partial charge in [0.2, 0.25) is 5.88 Å². The van der Waals surface area contributed by atoms with Crippen LogP contribution < -0.4 is 10.5 Å². The average Bonchev–Trinajstić information content (AvgIpc) is 2.83. The summed E-state index contributed by atoms with van der Waals surface area (Å²) in [7, 11) is 0. The smallest absolute Gasteiger partial charge is 0.245 e. The molecule has 0 atom stereocenters. The largest absolute Gasteiger partial charge is 0.437 e. The molecule has 0 saturated heterocycles. The summed E-state index contributed by atoms with van der Waals surface area (Å²) in [6.07, 6.45) is 5.13. The zero-order valence-corrected chi connectivity index (χ0v) is 9.87. The summed E-state index contributed by atoms with van der Waals surface area (Å²) < 4.78 is 7.52. The number of aryl methyl sites for hydroxylation is 1. The van der Waals surface area contributed by atoms with Crippen LogP contribution in [0.5, 0.6) is 11.6 Å². The Labute approximate surface area is 104 Å². The fourth-order valence-corrected chi connectivity index (χ4v) is 1.74. The predicted molar refractivity (Wildman–Crippen MR) is 68.7 cm³/mol. The van der Waals surface area contributed by atoms with E-state index in [0.717, 1.165) is 11.1 Å². The first-order valence-corrected chi connectivity index (χ1v) is 5.56. The summed E-state index contributed by atoms with van der Waals surface area (Å²) in [6.45, 7) is 1.96. The first-order valence-electron chi connectivity index (χ1n) is 5.56. The number of ether oxygens (including phenoxy) is 1. The maximum absolute atomic E-state index is 5.81. The number of aromatic nitrogens is 3. The molecule has 0 saturated carbocycles. The molecule has 0 amide bonds. The third-order valence-electron chi connectivity index (χ3n) is 2.71. The monoisotopic (exact) mass is 240 g/mol. The fourth-order valence-electron chi connectivity index (χ4n) is 1.74. The van der Waals surface area contributed by atoms with Gasteiger partial charge in [0.05, 0.1) is 6.20 Å². The van der Waals surface area contributed by atoms with Gasteiger partial charge in [-0.3, -0.25) is 0 Å². The molecule has 1 aromatic carbocycles. The molecule has 0 bridgehead atoms. The van der Waals surface area contributed by atoms with Crippen LogP contribution in [0.4, 0.5) is 5.69 Å². The number of nitrogen functional groups attached to an aromatic ring is 1. The minimum Gasteiger partial charge on any atom is -0.437 e. The highest BCUT2D eigenvalue weighted by Crippen LogP contribution is 2.27. The maximum Gasteiger partial charge on any atom is 0.245 e. The second-order valence-electron chi connectivity index (χ2n) is 4.02. The lowest BCUT2D eigenvalue weighted by Gasteiger charge is -2.09. The van der Waals surface area contributed by atoms with E-state index in [1.54, 1.807) is 29.2 Å². The lowest BCUT2D eigenvalue weighted by atomic mass is 10.2. The van der Waals surface area contributed by atoms with Gasteiger partial charge in [-0.1, -0.05) is 6.07 Å². The second-order valence-corrected chi connectivity index (χ2v) is 4.02. The molecule has 0 aliphatic rings. The molecule has 2 heterocycles. The normalized spacial score (nSPS) is 10.7. The number of hydrogen-bond acceptors (Lipinski definition) is 4. The van der Waals surface area contributed by atoms with Gasteiger partial charge in [-0.15, -0.1) is 0 Å². The van der Waals surface area contributed by atoms with Crippen molar-refractivity contribution in [3.05, 3.63) is 48.4 Å². The van der Waals surface area contributed by atoms with Crippen LogP contribution in [0.3, 0.4) is 0 Å². The lowest BCUT2D eigenvalue weighted by molar-refractivity contribution is 0.462. The Hall–Kier alpha value is -2.56. The highest BCUT2D eigenvalue weighted by molar-refractivity contribution is 5.57. The SMILES string of the molecule is Cc1ccc(N)cc1Oc1nccn2nccc12. The van der Waals surface area contributed by atoms with Crippen molar-refractivity contribution in [2.75, 3.05) is 5.73 Å². The Kier molecular flexibility index (Phi) is 2.37. The van der Waals surface area contributed by atoms with Crippen molar-refractivity contribution < 1.29 is 4.74 Å². The van der Waals surface area contributed by atoms with E-state index in [1.165, 1.54) is 0 Å². The van der Waals surface area contributed by atoms with Crippen molar-refractivity contribution in [2.45, 2.75) is 6.92 Å². The van der Waals surface area contributed by atoms with Crippen molar-refractivity contribution in [2.24, 2.45) is 0 Å². The molecular weight excluding hydrogens is 228 g/mol. The van der Waals surface area contributed by atoms with E-state index >= 15 is 0 Å². The molecule has 3 rings (SSSR count). The minimum atomic E-state index is 0.517. The predicted octanol–water partition coefficient (Wildman–Crippen LogP) is 2.41. The molecule has 2 N–H and O–H groups in total. The van der Waals surface area contributed by atoms with Gasteiger partial charge in [-0.25, -0.2) is 9.50 Å². The van der Waals surface area contributed by atoms with Gasteiger partial charge in [-0.2, -0.15) is 5.10 Å². The van der Waals surface area contributed by atoms with Crippen LogP contribution in [0, 0.1) is 6.92 Å². The minimum absolute atomic E-state index is 0.517. The molecule has 90 valence electrons. The number of nitrogens with zero attached hydrogens (tertiary/aromatic N) is 3. The number of hydrogen-bond donors (Lipinski definition) is 1. The summed E-state index contributed by atoms with van der Waals surface area (Å²) in [4.78, 5) is 4.22. The standard InChI is InChI=1S/C13H12N4O/c1-9-2-3-10(14)8-12(9)18-13-11-4-5-16-17(11)7-6-15-13/h2-8H,14H2,1H3. The Morgan fingerprint density at radius 2 is 2.11 bits per heavy atom. The molecule has 5 nitrogen and oxygen atoms in total. The van der Waals surface area contributed by atoms with Gasteiger partial charge in [0, 0.05) is 24.1 Å². The molecule has 5 heteroatoms. The molecule has 0 radical (unpaired) electrons. The van der Waals surface area contributed by atoms with Crippen molar-refractivity contribution in [3.8, 4) is 11.6 Å². The second kappa shape index (κ2) is 4.03. The van der Waals surface area contributed by atoms with Crippen LogP contribution in [0.15, 0.2) is 42.9 Å². The fraction of sp³-hybridized carbons (Fsp3) is 0.0769. The quantitative estimate of drug-likeness (QED) is 0.698. The summed E-state index contributed by atoms with van der Waals surface area (Å²) in [6, 6.07) is 7.40. The summed E-state index contributed by atoms with van der Waals surface area (Å²) in [5.74, 6) is 1.22. The van der Waals surface area contributed by atoms with Crippen LogP contribution in [-0.2, 0) is 0 Å². The van der Waals surface area contributed by atoms with E-state index in [1.807, 2.05) is 25.1 Å². The van der Waals surface area contributed by atoms with Crippen LogP contribution in [0.2, 0.25) is 0 Å². The third kappa shape index (κ3) is 1.75. The number of fused-ring (bicyclic) bond motifs is 1. The zero-order chi connectivity index (χ0) is 12.5. The van der Waals surface area contributed by atoms with Gasteiger partial charge in [0.1, 0.15) is 11.3 Å². The van der Waals surface area contributed by atoms with E-state index in [-0.39, 0.29) is 0 Å². The lowest BCUT2D eigenvalue weighted by Crippen LogP contribution is -1.96. The number of benzene rings is 1. The molecule has 2 aromatic heterocycles. The Bertz CT molecular complexity index is 705. The van der Waals surface area contributed by atoms with Gasteiger partial charge < -0.3 is 10.5 Å². The number of rotatable bonds is 2. The zero-order valence-electron chi connectivity index (χ0n) is 9.87. The molecular formula is C13H12N4O. The first kappa shape index (κ1) is 10.6. The van der Waals surface area contributed by atoms with E-state index < -0.39 is 0 Å². The van der Waals surface area contributed by atoms with Crippen LogP contribution >= 0.6 is 0 Å². The van der Waals surface area contributed by atoms with Crippen LogP contribution in [0.1, 0.15) is 5.56 Å². The summed E-state index contributed by atoms with van der Waals surface area (Å²) in [5.41, 5.74) is 8.24. The highest BCUT2D eigenvalue weighted by atomic mass is 16.5. The molecule has 0 spiro atoms. The van der Waals surface area contributed by atoms with Gasteiger partial charge >= 0.3 is 0 Å². The molecule has 3 aromatic rings. The van der Waals surface area contributed by atoms with E-state index in [2.05, 4.69) is 10.1 Å². The van der Waals surface area contributed by atoms with Crippen molar-refractivity contribution in [1.29, 1.82) is 0 Å². The van der Waals surface area contributed by atoms with E-state index in [0.29, 0.717) is 17.3 Å². The molecule has 0 aliphatic carbocycles. The topological polar surface area (TPSA) is 65.4 Å². The molecule has 0 aliphatic heterocycles. The molecule has 0 fully saturated rings. The van der Waals surface area contributed by atoms with Crippen molar-refractivity contribution in [3.63, 3.8) is 0 Å². The first-order chi connectivity index (χ1) is 8.74. The maximum atomic E-state index is 5.81. The number of nitrogens with two attached hydrogens (primary N) is 1. The van der Waals surface area contributed by atoms with Crippen LogP contribution in [0.25, 0.3) is 5.52 Å². The summed E-state index contributed by atoms with van der Waals surface area (Å²) in [5, 5.41) is 4.13. The third-order valence-corrected chi connectivity index (χ3v) is 2.71. The Morgan fingerprint density at radius 1 is 1.22 bits per heavy atom. The van der Waals surface area contributed by atoms with Gasteiger partial charge in [0.25, 0.3) is 0 Å². The summed E-state index contributed by atoms with van der Waals surface area (Å²) >= 11 is 0. The highest BCUT2D eigenvalue weighted by Gasteiger charge is 2.07. The van der Waals surface area contributed by atoms with E-state index in [4.69, 9.17) is 10.5 Å². The van der Waals surface area contributed by atoms with Crippen molar-refractivity contribution in [1.82, 2.24) is 14.6 Å².